The second kappa shape index (κ2) is 8.25. The highest BCUT2D eigenvalue weighted by molar-refractivity contribution is 5.87. The number of benzene rings is 1. The zero-order valence-corrected chi connectivity index (χ0v) is 21.0. The smallest absolute Gasteiger partial charge is 0.331 e. The molecule has 1 aromatic carbocycles. The van der Waals surface area contributed by atoms with E-state index >= 15 is 0 Å². The summed E-state index contributed by atoms with van der Waals surface area (Å²) in [5, 5.41) is 22.7. The normalized spacial score (nSPS) is 20.2. The molecule has 31 heavy (non-hydrogen) atoms. The van der Waals surface area contributed by atoms with Gasteiger partial charge in [-0.05, 0) is 62.3 Å². The Kier molecular flexibility index (Phi) is 6.76. The van der Waals surface area contributed by atoms with Gasteiger partial charge in [0.05, 0.1) is 0 Å². The number of phenolic OH excluding ortho intramolecular Hbond substituents is 1. The number of phenols is 1. The van der Waals surface area contributed by atoms with E-state index in [1.54, 1.807) is 6.08 Å². The van der Waals surface area contributed by atoms with Gasteiger partial charge in [-0.25, -0.2) is 4.79 Å². The van der Waals surface area contributed by atoms with Gasteiger partial charge >= 0.3 is 5.97 Å². The molecule has 0 spiro atoms. The van der Waals surface area contributed by atoms with E-state index in [9.17, 15) is 15.1 Å². The van der Waals surface area contributed by atoms with Crippen molar-refractivity contribution in [1.82, 2.24) is 5.06 Å². The summed E-state index contributed by atoms with van der Waals surface area (Å²) >= 11 is 0. The number of carbonyl (C=O) groups is 1. The van der Waals surface area contributed by atoms with Crippen molar-refractivity contribution in [3.8, 4) is 5.75 Å². The zero-order chi connectivity index (χ0) is 24.0. The Balaban J connectivity index is 2.26. The maximum absolute atomic E-state index is 12.6. The highest BCUT2D eigenvalue weighted by Gasteiger charge is 2.46. The van der Waals surface area contributed by atoms with E-state index < -0.39 is 17.0 Å². The topological polar surface area (TPSA) is 70.0 Å². The molecule has 2 N–H and O–H groups in total. The summed E-state index contributed by atoms with van der Waals surface area (Å²) in [5.41, 5.74) is 1.15. The van der Waals surface area contributed by atoms with Gasteiger partial charge in [-0.1, -0.05) is 41.5 Å². The van der Waals surface area contributed by atoms with E-state index in [4.69, 9.17) is 4.74 Å². The SMILES string of the molecule is CC(C)(C)c1cc(/C=C/C(=O)OC2CC(C)(C)N(O)C(C)(C)C2)cc(C(C)(C)C)c1O. The monoisotopic (exact) mass is 431 g/mol. The molecule has 0 bridgehead atoms. The number of ether oxygens (including phenoxy) is 1. The van der Waals surface area contributed by atoms with Crippen molar-refractivity contribution in [1.29, 1.82) is 0 Å². The van der Waals surface area contributed by atoms with Crippen LogP contribution in [0.5, 0.6) is 5.75 Å². The third-order valence-corrected chi connectivity index (χ3v) is 6.04. The number of aromatic hydroxyl groups is 1. The maximum atomic E-state index is 12.6. The molecule has 2 rings (SSSR count). The molecule has 5 heteroatoms. The predicted octanol–water partition coefficient (Wildman–Crippen LogP) is 5.95. The van der Waals surface area contributed by atoms with Crippen molar-refractivity contribution in [2.45, 2.75) is 110 Å². The second-order valence-electron chi connectivity index (χ2n) is 12.2. The van der Waals surface area contributed by atoms with Crippen LogP contribution in [0.1, 0.15) is 98.8 Å². The van der Waals surface area contributed by atoms with Crippen molar-refractivity contribution in [3.05, 3.63) is 34.9 Å². The van der Waals surface area contributed by atoms with Crippen LogP contribution in [0, 0.1) is 0 Å². The van der Waals surface area contributed by atoms with Crippen molar-refractivity contribution in [2.75, 3.05) is 0 Å². The lowest BCUT2D eigenvalue weighted by Gasteiger charge is -2.50. The quantitative estimate of drug-likeness (QED) is 0.457. The van der Waals surface area contributed by atoms with E-state index in [1.165, 1.54) is 11.1 Å². The molecular weight excluding hydrogens is 390 g/mol. The molecule has 174 valence electrons. The van der Waals surface area contributed by atoms with E-state index in [0.29, 0.717) is 18.6 Å². The number of carbonyl (C=O) groups excluding carboxylic acids is 1. The van der Waals surface area contributed by atoms with Gasteiger partial charge in [0.1, 0.15) is 11.9 Å². The summed E-state index contributed by atoms with van der Waals surface area (Å²) in [4.78, 5) is 12.6. The first-order valence-corrected chi connectivity index (χ1v) is 11.1. The Morgan fingerprint density at radius 1 is 1.00 bits per heavy atom. The van der Waals surface area contributed by atoms with Gasteiger partial charge in [-0.15, -0.1) is 0 Å². The largest absolute Gasteiger partial charge is 0.507 e. The first-order chi connectivity index (χ1) is 13.8. The van der Waals surface area contributed by atoms with Gasteiger partial charge in [0.2, 0.25) is 0 Å². The predicted molar refractivity (Wildman–Crippen MR) is 125 cm³/mol. The summed E-state index contributed by atoms with van der Waals surface area (Å²) in [6.07, 6.45) is 4.07. The zero-order valence-electron chi connectivity index (χ0n) is 21.0. The molecule has 1 aromatic rings. The lowest BCUT2D eigenvalue weighted by Crippen LogP contribution is -2.60. The molecule has 1 heterocycles. The molecule has 1 fully saturated rings. The summed E-state index contributed by atoms with van der Waals surface area (Å²) in [6, 6.07) is 3.87. The summed E-state index contributed by atoms with van der Waals surface area (Å²) < 4.78 is 5.74. The lowest BCUT2D eigenvalue weighted by atomic mass is 9.78. The molecule has 1 aliphatic heterocycles. The molecule has 0 amide bonds. The molecule has 5 nitrogen and oxygen atoms in total. The van der Waals surface area contributed by atoms with Crippen LogP contribution in [0.4, 0.5) is 0 Å². The third kappa shape index (κ3) is 5.89. The van der Waals surface area contributed by atoms with Crippen LogP contribution in [0.15, 0.2) is 18.2 Å². The molecule has 0 atom stereocenters. The van der Waals surface area contributed by atoms with E-state index in [1.807, 2.05) is 39.8 Å². The van der Waals surface area contributed by atoms with E-state index in [0.717, 1.165) is 16.7 Å². The Morgan fingerprint density at radius 3 is 1.81 bits per heavy atom. The Morgan fingerprint density at radius 2 is 1.42 bits per heavy atom. The van der Waals surface area contributed by atoms with Gasteiger partial charge in [0, 0.05) is 41.1 Å². The number of esters is 1. The molecule has 0 radical (unpaired) electrons. The van der Waals surface area contributed by atoms with Crippen LogP contribution < -0.4 is 0 Å². The second-order valence-corrected chi connectivity index (χ2v) is 12.2. The van der Waals surface area contributed by atoms with Crippen LogP contribution in [-0.2, 0) is 20.4 Å². The highest BCUT2D eigenvalue weighted by Crippen LogP contribution is 2.40. The number of nitrogens with zero attached hydrogens (tertiary/aromatic N) is 1. The Hall–Kier alpha value is -1.85. The standard InChI is InChI=1S/C26H41NO4/c1-23(2,3)19-13-17(14-20(22(19)29)24(4,5)6)11-12-21(28)31-18-15-25(7,8)27(30)26(9,10)16-18/h11-14,18,29-30H,15-16H2,1-10H3/b12-11+. The van der Waals surface area contributed by atoms with Gasteiger partial charge in [0.25, 0.3) is 0 Å². The fourth-order valence-electron chi connectivity index (χ4n) is 4.53. The van der Waals surface area contributed by atoms with Gasteiger partial charge in [0.15, 0.2) is 0 Å². The molecule has 0 aliphatic carbocycles. The van der Waals surface area contributed by atoms with Crippen LogP contribution >= 0.6 is 0 Å². The van der Waals surface area contributed by atoms with Crippen molar-refractivity contribution >= 4 is 12.0 Å². The summed E-state index contributed by atoms with van der Waals surface area (Å²) in [5.74, 6) is -0.0781. The van der Waals surface area contributed by atoms with Crippen molar-refractivity contribution in [2.24, 2.45) is 0 Å². The number of hydroxylamine groups is 2. The van der Waals surface area contributed by atoms with Crippen LogP contribution in [0.2, 0.25) is 0 Å². The minimum atomic E-state index is -0.476. The van der Waals surface area contributed by atoms with E-state index in [-0.39, 0.29) is 16.9 Å². The Bertz CT molecular complexity index is 800. The first-order valence-electron chi connectivity index (χ1n) is 11.1. The number of hydrogen-bond acceptors (Lipinski definition) is 5. The van der Waals surface area contributed by atoms with Crippen LogP contribution in [0.3, 0.4) is 0 Å². The molecule has 0 saturated carbocycles. The number of piperidine rings is 1. The van der Waals surface area contributed by atoms with Gasteiger partial charge < -0.3 is 15.1 Å². The van der Waals surface area contributed by atoms with E-state index in [2.05, 4.69) is 41.5 Å². The highest BCUT2D eigenvalue weighted by atomic mass is 16.5. The summed E-state index contributed by atoms with van der Waals surface area (Å²) in [6.45, 7) is 20.2. The fourth-order valence-corrected chi connectivity index (χ4v) is 4.53. The molecular formula is C26H41NO4. The summed E-state index contributed by atoms with van der Waals surface area (Å²) in [7, 11) is 0. The fraction of sp³-hybridized carbons (Fsp3) is 0.654. The molecule has 0 unspecified atom stereocenters. The van der Waals surface area contributed by atoms with Crippen molar-refractivity contribution in [3.63, 3.8) is 0 Å². The third-order valence-electron chi connectivity index (χ3n) is 6.04. The van der Waals surface area contributed by atoms with Crippen LogP contribution in [-0.4, -0.2) is 38.5 Å². The lowest BCUT2D eigenvalue weighted by molar-refractivity contribution is -0.259. The first kappa shape index (κ1) is 25.4. The molecule has 0 aromatic heterocycles. The number of hydrogen-bond donors (Lipinski definition) is 2. The Labute approximate surface area is 188 Å². The van der Waals surface area contributed by atoms with Crippen molar-refractivity contribution < 1.29 is 19.8 Å². The minimum absolute atomic E-state index is 0.232. The van der Waals surface area contributed by atoms with Gasteiger partial charge in [-0.3, -0.25) is 0 Å². The van der Waals surface area contributed by atoms with Crippen LogP contribution in [0.25, 0.3) is 6.08 Å². The molecule has 1 aliphatic rings. The maximum Gasteiger partial charge on any atom is 0.331 e. The average molecular weight is 432 g/mol. The molecule has 1 saturated heterocycles. The number of rotatable bonds is 3. The van der Waals surface area contributed by atoms with Gasteiger partial charge in [-0.2, -0.15) is 5.06 Å². The minimum Gasteiger partial charge on any atom is -0.507 e. The average Bonchev–Trinajstić information content (AvgIpc) is 2.56.